The summed E-state index contributed by atoms with van der Waals surface area (Å²) in [6.45, 7) is 5.05. The second-order valence-electron chi connectivity index (χ2n) is 6.69. The van der Waals surface area contributed by atoms with Crippen molar-refractivity contribution in [2.24, 2.45) is 10.9 Å². The number of guanidine groups is 1. The van der Waals surface area contributed by atoms with Gasteiger partial charge < -0.3 is 16.0 Å². The molecule has 0 radical (unpaired) electrons. The van der Waals surface area contributed by atoms with Crippen LogP contribution in [0.25, 0.3) is 0 Å². The topological polar surface area (TPSA) is 65.5 Å². The highest BCUT2D eigenvalue weighted by Crippen LogP contribution is 2.13. The van der Waals surface area contributed by atoms with E-state index in [0.717, 1.165) is 17.7 Å². The predicted octanol–water partition coefficient (Wildman–Crippen LogP) is 3.72. The summed E-state index contributed by atoms with van der Waals surface area (Å²) in [7, 11) is 1.70. The van der Waals surface area contributed by atoms with Gasteiger partial charge in [0, 0.05) is 31.7 Å². The van der Waals surface area contributed by atoms with E-state index in [1.165, 1.54) is 6.07 Å². The lowest BCUT2D eigenvalue weighted by atomic mass is 10.1. The van der Waals surface area contributed by atoms with Crippen LogP contribution in [0, 0.1) is 11.7 Å². The number of hydrogen-bond acceptors (Lipinski definition) is 2. The molecule has 0 fully saturated rings. The fraction of sp³-hybridized carbons (Fsp3) is 0.364. The van der Waals surface area contributed by atoms with E-state index in [1.54, 1.807) is 19.2 Å². The summed E-state index contributed by atoms with van der Waals surface area (Å²) >= 11 is 0. The summed E-state index contributed by atoms with van der Waals surface area (Å²) < 4.78 is 13.7. The molecule has 0 aliphatic carbocycles. The summed E-state index contributed by atoms with van der Waals surface area (Å²) in [5.74, 6) is 0.464. The van der Waals surface area contributed by atoms with Crippen molar-refractivity contribution in [1.29, 1.82) is 0 Å². The summed E-state index contributed by atoms with van der Waals surface area (Å²) in [6, 6.07) is 14.5. The van der Waals surface area contributed by atoms with Crippen molar-refractivity contribution in [1.82, 2.24) is 10.6 Å². The average Bonchev–Trinajstić information content (AvgIpc) is 2.71. The highest BCUT2D eigenvalue weighted by Gasteiger charge is 2.10. The molecule has 2 aromatic rings. The number of nitrogens with one attached hydrogen (secondary N) is 3. The predicted molar refractivity (Wildman–Crippen MR) is 113 cm³/mol. The molecule has 5 nitrogen and oxygen atoms in total. The Morgan fingerprint density at radius 1 is 1.14 bits per heavy atom. The minimum Gasteiger partial charge on any atom is -0.356 e. The molecule has 1 atom stereocenters. The highest BCUT2D eigenvalue weighted by molar-refractivity contribution is 5.92. The monoisotopic (exact) mass is 384 g/mol. The summed E-state index contributed by atoms with van der Waals surface area (Å²) in [5.41, 5.74) is 2.49. The van der Waals surface area contributed by atoms with Crippen molar-refractivity contribution < 1.29 is 9.18 Å². The van der Waals surface area contributed by atoms with Gasteiger partial charge in [-0.3, -0.25) is 9.79 Å². The van der Waals surface area contributed by atoms with Crippen LogP contribution in [0.3, 0.4) is 0 Å². The standard InChI is InChI=1S/C22H29FN4O/c1-4-16(2)21(28)27-19-10-7-8-17(14-19)15-26-22(24-3)25-13-12-18-9-5-6-11-20(18)23/h5-11,14,16H,4,12-13,15H2,1-3H3,(H,27,28)(H2,24,25,26). The average molecular weight is 384 g/mol. The van der Waals surface area contributed by atoms with Crippen LogP contribution < -0.4 is 16.0 Å². The van der Waals surface area contributed by atoms with Gasteiger partial charge in [0.15, 0.2) is 5.96 Å². The third-order valence-corrected chi connectivity index (χ3v) is 4.58. The van der Waals surface area contributed by atoms with Crippen LogP contribution >= 0.6 is 0 Å². The van der Waals surface area contributed by atoms with Crippen LogP contribution in [-0.4, -0.2) is 25.5 Å². The van der Waals surface area contributed by atoms with E-state index in [9.17, 15) is 9.18 Å². The molecule has 0 saturated heterocycles. The number of amides is 1. The zero-order valence-corrected chi connectivity index (χ0v) is 16.8. The largest absolute Gasteiger partial charge is 0.356 e. The van der Waals surface area contributed by atoms with Crippen LogP contribution in [0.2, 0.25) is 0 Å². The molecule has 1 amide bonds. The van der Waals surface area contributed by atoms with Crippen molar-refractivity contribution >= 4 is 17.6 Å². The van der Waals surface area contributed by atoms with Crippen molar-refractivity contribution in [2.75, 3.05) is 18.9 Å². The van der Waals surface area contributed by atoms with E-state index >= 15 is 0 Å². The van der Waals surface area contributed by atoms with Gasteiger partial charge in [-0.15, -0.1) is 0 Å². The Bertz CT molecular complexity index is 807. The maximum Gasteiger partial charge on any atom is 0.227 e. The molecule has 0 bridgehead atoms. The maximum absolute atomic E-state index is 13.7. The number of halogens is 1. The first kappa shape index (κ1) is 21.4. The Morgan fingerprint density at radius 2 is 1.93 bits per heavy atom. The smallest absolute Gasteiger partial charge is 0.227 e. The lowest BCUT2D eigenvalue weighted by Gasteiger charge is -2.14. The lowest BCUT2D eigenvalue weighted by molar-refractivity contribution is -0.119. The molecule has 2 aromatic carbocycles. The Kier molecular flexibility index (Phi) is 8.46. The molecule has 28 heavy (non-hydrogen) atoms. The maximum atomic E-state index is 13.7. The van der Waals surface area contributed by atoms with E-state index in [0.29, 0.717) is 31.0 Å². The minimum atomic E-state index is -0.191. The number of aliphatic imine (C=N–C) groups is 1. The number of hydrogen-bond donors (Lipinski definition) is 3. The van der Waals surface area contributed by atoms with Crippen LogP contribution in [0.5, 0.6) is 0 Å². The molecule has 0 spiro atoms. The van der Waals surface area contributed by atoms with Crippen molar-refractivity contribution in [3.05, 3.63) is 65.5 Å². The van der Waals surface area contributed by atoms with Gasteiger partial charge in [-0.05, 0) is 42.2 Å². The fourth-order valence-electron chi connectivity index (χ4n) is 2.63. The molecule has 2 rings (SSSR count). The van der Waals surface area contributed by atoms with Crippen LogP contribution in [-0.2, 0) is 17.8 Å². The number of nitrogens with zero attached hydrogens (tertiary/aromatic N) is 1. The molecular weight excluding hydrogens is 355 g/mol. The Balaban J connectivity index is 1.83. The van der Waals surface area contributed by atoms with Gasteiger partial charge in [-0.25, -0.2) is 4.39 Å². The van der Waals surface area contributed by atoms with Gasteiger partial charge in [0.25, 0.3) is 0 Å². The first-order chi connectivity index (χ1) is 13.5. The Morgan fingerprint density at radius 3 is 2.64 bits per heavy atom. The van der Waals surface area contributed by atoms with Gasteiger partial charge in [0.2, 0.25) is 5.91 Å². The molecule has 150 valence electrons. The second kappa shape index (κ2) is 11.1. The fourth-order valence-corrected chi connectivity index (χ4v) is 2.63. The van der Waals surface area contributed by atoms with Crippen LogP contribution in [0.4, 0.5) is 10.1 Å². The van der Waals surface area contributed by atoms with Crippen LogP contribution in [0.1, 0.15) is 31.4 Å². The van der Waals surface area contributed by atoms with Gasteiger partial charge >= 0.3 is 0 Å². The van der Waals surface area contributed by atoms with E-state index in [-0.39, 0.29) is 17.6 Å². The molecular formula is C22H29FN4O. The second-order valence-corrected chi connectivity index (χ2v) is 6.69. The van der Waals surface area contributed by atoms with Gasteiger partial charge in [-0.1, -0.05) is 44.2 Å². The number of anilines is 1. The number of carbonyl (C=O) groups is 1. The third-order valence-electron chi connectivity index (χ3n) is 4.58. The summed E-state index contributed by atoms with van der Waals surface area (Å²) in [5, 5.41) is 9.36. The minimum absolute atomic E-state index is 0.0146. The first-order valence-corrected chi connectivity index (χ1v) is 9.61. The Labute approximate surface area is 166 Å². The molecule has 0 aliphatic rings. The van der Waals surface area contributed by atoms with Crippen molar-refractivity contribution in [2.45, 2.75) is 33.2 Å². The molecule has 0 aromatic heterocycles. The summed E-state index contributed by atoms with van der Waals surface area (Å²) in [4.78, 5) is 16.2. The van der Waals surface area contributed by atoms with Gasteiger partial charge in [0.1, 0.15) is 5.82 Å². The van der Waals surface area contributed by atoms with Crippen molar-refractivity contribution in [3.8, 4) is 0 Å². The number of rotatable bonds is 8. The van der Waals surface area contributed by atoms with Gasteiger partial charge in [0.05, 0.1) is 0 Å². The molecule has 0 aliphatic heterocycles. The van der Waals surface area contributed by atoms with E-state index < -0.39 is 0 Å². The van der Waals surface area contributed by atoms with Gasteiger partial charge in [-0.2, -0.15) is 0 Å². The highest BCUT2D eigenvalue weighted by atomic mass is 19.1. The van der Waals surface area contributed by atoms with E-state index in [1.807, 2.05) is 44.2 Å². The normalized spacial score (nSPS) is 12.4. The molecule has 0 saturated carbocycles. The molecule has 3 N–H and O–H groups in total. The molecule has 6 heteroatoms. The van der Waals surface area contributed by atoms with Crippen LogP contribution in [0.15, 0.2) is 53.5 Å². The number of benzene rings is 2. The zero-order valence-electron chi connectivity index (χ0n) is 16.8. The molecule has 1 unspecified atom stereocenters. The SMILES string of the molecule is CCC(C)C(=O)Nc1cccc(CNC(=NC)NCCc2ccccc2F)c1. The summed E-state index contributed by atoms with van der Waals surface area (Å²) in [6.07, 6.45) is 1.38. The first-order valence-electron chi connectivity index (χ1n) is 9.61. The van der Waals surface area contributed by atoms with E-state index in [2.05, 4.69) is 20.9 Å². The lowest BCUT2D eigenvalue weighted by Crippen LogP contribution is -2.37. The third kappa shape index (κ3) is 6.68. The van der Waals surface area contributed by atoms with E-state index in [4.69, 9.17) is 0 Å². The zero-order chi connectivity index (χ0) is 20.4. The molecule has 0 heterocycles. The quantitative estimate of drug-likeness (QED) is 0.480. The Hall–Kier alpha value is -2.89. The number of carbonyl (C=O) groups excluding carboxylic acids is 1. The van der Waals surface area contributed by atoms with Crippen molar-refractivity contribution in [3.63, 3.8) is 0 Å².